The van der Waals surface area contributed by atoms with E-state index in [0.717, 1.165) is 0 Å². The van der Waals surface area contributed by atoms with E-state index in [1.165, 1.54) is 30.6 Å². The van der Waals surface area contributed by atoms with Crippen molar-refractivity contribution in [2.75, 3.05) is 5.32 Å². The fourth-order valence-electron chi connectivity index (χ4n) is 3.72. The number of hydrogen-bond acceptors (Lipinski definition) is 6. The van der Waals surface area contributed by atoms with Crippen molar-refractivity contribution in [2.24, 2.45) is 5.73 Å². The number of carbonyl (C=O) groups is 3. The van der Waals surface area contributed by atoms with Gasteiger partial charge in [-0.25, -0.2) is 4.79 Å². The Bertz CT molecular complexity index is 1420. The van der Waals surface area contributed by atoms with Crippen LogP contribution in [-0.2, 0) is 0 Å². The molecule has 6 N–H and O–H groups in total. The molecule has 0 spiro atoms. The van der Waals surface area contributed by atoms with Gasteiger partial charge in [-0.05, 0) is 48.1 Å². The minimum absolute atomic E-state index is 0.111. The van der Waals surface area contributed by atoms with Gasteiger partial charge in [0.25, 0.3) is 11.8 Å². The first-order valence-electron chi connectivity index (χ1n) is 10.9. The predicted molar refractivity (Wildman–Crippen MR) is 143 cm³/mol. The van der Waals surface area contributed by atoms with E-state index in [1.807, 2.05) is 0 Å². The first-order chi connectivity index (χ1) is 17.6. The third kappa shape index (κ3) is 5.31. The van der Waals surface area contributed by atoms with Crippen molar-refractivity contribution in [3.05, 3.63) is 108 Å². The van der Waals surface area contributed by atoms with Gasteiger partial charge in [-0.1, -0.05) is 54.7 Å². The molecule has 1 aliphatic carbocycles. The van der Waals surface area contributed by atoms with Crippen LogP contribution >= 0.6 is 23.8 Å². The number of urea groups is 1. The quantitative estimate of drug-likeness (QED) is 0.185. The fourth-order valence-corrected chi connectivity index (χ4v) is 4.31. The average molecular weight is 537 g/mol. The maximum Gasteiger partial charge on any atom is 0.317 e. The van der Waals surface area contributed by atoms with E-state index in [4.69, 9.17) is 34.0 Å². The smallest absolute Gasteiger partial charge is 0.317 e. The molecule has 0 aliphatic heterocycles. The number of carbonyl (C=O) groups excluding carboxylic acids is 3. The second-order valence-corrected chi connectivity index (χ2v) is 9.03. The van der Waals surface area contributed by atoms with Gasteiger partial charge in [0.1, 0.15) is 4.99 Å². The number of furan rings is 1. The molecule has 9 nitrogen and oxygen atoms in total. The number of benzene rings is 2. The second kappa shape index (κ2) is 10.4. The number of nitrogens with two attached hydrogens (primary N) is 1. The number of alkyl halides is 1. The number of nitrogens with one attached hydrogen (secondary N) is 3. The highest BCUT2D eigenvalue weighted by Crippen LogP contribution is 2.41. The monoisotopic (exact) mass is 536 g/mol. The summed E-state index contributed by atoms with van der Waals surface area (Å²) in [5.41, 5.74) is 4.60. The molecular weight excluding hydrogens is 516 g/mol. The molecule has 1 heterocycles. The Morgan fingerprint density at radius 1 is 0.973 bits per heavy atom. The van der Waals surface area contributed by atoms with Crippen LogP contribution in [0.2, 0.25) is 0 Å². The summed E-state index contributed by atoms with van der Waals surface area (Å²) in [5, 5.41) is 19.0. The van der Waals surface area contributed by atoms with Crippen molar-refractivity contribution in [3.63, 3.8) is 0 Å². The number of anilines is 1. The summed E-state index contributed by atoms with van der Waals surface area (Å²) in [5.74, 6) is -1.00. The molecule has 3 aromatic rings. The number of hydrogen-bond donors (Lipinski definition) is 5. The van der Waals surface area contributed by atoms with Crippen LogP contribution in [0.25, 0.3) is 5.57 Å². The number of thiocarbonyl (C=S) groups is 1. The molecule has 1 aromatic heterocycles. The molecule has 1 aliphatic rings. The predicted octanol–water partition coefficient (Wildman–Crippen LogP) is 3.58. The van der Waals surface area contributed by atoms with Gasteiger partial charge < -0.3 is 31.2 Å². The van der Waals surface area contributed by atoms with Gasteiger partial charge in [-0.2, -0.15) is 0 Å². The summed E-state index contributed by atoms with van der Waals surface area (Å²) in [6.45, 7) is 0. The van der Waals surface area contributed by atoms with Crippen LogP contribution in [-0.4, -0.2) is 38.5 Å². The first-order valence-corrected chi connectivity index (χ1v) is 11.7. The molecule has 0 fully saturated rings. The minimum Gasteiger partial charge on any atom is -0.459 e. The molecule has 4 rings (SSSR count). The number of primary amides is 1. The molecule has 11 heteroatoms. The van der Waals surface area contributed by atoms with E-state index in [0.29, 0.717) is 16.8 Å². The molecule has 2 unspecified atom stereocenters. The lowest BCUT2D eigenvalue weighted by Gasteiger charge is -2.42. The van der Waals surface area contributed by atoms with Crippen LogP contribution in [0.5, 0.6) is 0 Å². The van der Waals surface area contributed by atoms with E-state index < -0.39 is 28.4 Å². The summed E-state index contributed by atoms with van der Waals surface area (Å²) in [7, 11) is 0. The Labute approximate surface area is 222 Å². The second-order valence-electron chi connectivity index (χ2n) is 8.03. The molecule has 0 saturated carbocycles. The van der Waals surface area contributed by atoms with E-state index >= 15 is 0 Å². The lowest BCUT2D eigenvalue weighted by Crippen LogP contribution is -2.66. The highest BCUT2D eigenvalue weighted by atomic mass is 35.5. The summed E-state index contributed by atoms with van der Waals surface area (Å²) >= 11 is 12.2. The van der Waals surface area contributed by atoms with Gasteiger partial charge in [0, 0.05) is 16.8 Å². The molecular formula is C26H21ClN4O5S. The molecule has 188 valence electrons. The van der Waals surface area contributed by atoms with E-state index in [-0.39, 0.29) is 16.3 Å². The van der Waals surface area contributed by atoms with Gasteiger partial charge in [-0.3, -0.25) is 9.59 Å². The van der Waals surface area contributed by atoms with Crippen LogP contribution in [0.3, 0.4) is 0 Å². The van der Waals surface area contributed by atoms with Crippen molar-refractivity contribution >= 4 is 57.9 Å². The van der Waals surface area contributed by atoms with Crippen LogP contribution in [0.1, 0.15) is 26.5 Å². The zero-order valence-corrected chi connectivity index (χ0v) is 20.7. The summed E-state index contributed by atoms with van der Waals surface area (Å²) in [6, 6.07) is 17.1. The summed E-state index contributed by atoms with van der Waals surface area (Å²) < 4.78 is 5.15. The normalized spacial score (nSPS) is 20.4. The highest BCUT2D eigenvalue weighted by Gasteiger charge is 2.53. The maximum absolute atomic E-state index is 12.9. The number of halogens is 1. The summed E-state index contributed by atoms with van der Waals surface area (Å²) in [4.78, 5) is 34.7. The van der Waals surface area contributed by atoms with Crippen molar-refractivity contribution in [2.45, 2.75) is 10.6 Å². The van der Waals surface area contributed by atoms with Gasteiger partial charge in [0.15, 0.2) is 16.4 Å². The Hall–Kier alpha value is -4.25. The van der Waals surface area contributed by atoms with E-state index in [1.54, 1.807) is 60.7 Å². The van der Waals surface area contributed by atoms with Crippen LogP contribution in [0, 0.1) is 0 Å². The van der Waals surface area contributed by atoms with Crippen molar-refractivity contribution < 1.29 is 23.9 Å². The average Bonchev–Trinajstić information content (AvgIpc) is 3.42. The van der Waals surface area contributed by atoms with Gasteiger partial charge >= 0.3 is 6.03 Å². The molecule has 4 amide bonds. The van der Waals surface area contributed by atoms with Crippen LogP contribution in [0.4, 0.5) is 10.5 Å². The van der Waals surface area contributed by atoms with Gasteiger partial charge in [0.2, 0.25) is 0 Å². The number of aliphatic hydroxyl groups is 1. The Balaban J connectivity index is 1.73. The standard InChI is InChI=1S/C26H21ClN4O5S/c27-25(23(37)30-24(28)34)15-17(12-13-26(25,35)31-21(32)16-7-2-1-3-8-16)18-9-4-5-10-19(18)29-22(33)20-11-6-14-36-20/h1-15,35H,(H,29,33)(H,31,32)(H3,28,30,34,37). The topological polar surface area (TPSA) is 147 Å². The van der Waals surface area contributed by atoms with Gasteiger partial charge in [-0.15, -0.1) is 11.6 Å². The molecule has 0 radical (unpaired) electrons. The number of amides is 4. The van der Waals surface area contributed by atoms with E-state index in [2.05, 4.69) is 16.0 Å². The lowest BCUT2D eigenvalue weighted by molar-refractivity contribution is 0.0382. The molecule has 2 atom stereocenters. The number of rotatable bonds is 6. The molecule has 2 aromatic carbocycles. The minimum atomic E-state index is -2.27. The Morgan fingerprint density at radius 3 is 2.35 bits per heavy atom. The fraction of sp³-hybridized carbons (Fsp3) is 0.0769. The molecule has 0 bridgehead atoms. The zero-order chi connectivity index (χ0) is 26.6. The molecule has 37 heavy (non-hydrogen) atoms. The van der Waals surface area contributed by atoms with Crippen molar-refractivity contribution in [1.82, 2.24) is 10.6 Å². The first kappa shape index (κ1) is 25.8. The SMILES string of the molecule is NC(=O)NC(=S)C1(Cl)C=C(c2ccccc2NC(=O)c2ccco2)C=CC1(O)NC(=O)c1ccccc1. The Kier molecular flexibility index (Phi) is 7.25. The molecule has 0 saturated heterocycles. The van der Waals surface area contributed by atoms with Crippen molar-refractivity contribution in [3.8, 4) is 0 Å². The van der Waals surface area contributed by atoms with Crippen LogP contribution in [0.15, 0.2) is 95.6 Å². The number of allylic oxidation sites excluding steroid dienone is 2. The zero-order valence-electron chi connectivity index (χ0n) is 19.1. The largest absolute Gasteiger partial charge is 0.459 e. The highest BCUT2D eigenvalue weighted by molar-refractivity contribution is 7.80. The third-order valence-electron chi connectivity index (χ3n) is 5.55. The Morgan fingerprint density at radius 2 is 1.68 bits per heavy atom. The van der Waals surface area contributed by atoms with Gasteiger partial charge in [0.05, 0.1) is 6.26 Å². The third-order valence-corrected chi connectivity index (χ3v) is 6.67. The number of para-hydroxylation sites is 1. The lowest BCUT2D eigenvalue weighted by atomic mass is 9.84. The maximum atomic E-state index is 12.9. The summed E-state index contributed by atoms with van der Waals surface area (Å²) in [6.07, 6.45) is 5.51. The van der Waals surface area contributed by atoms with E-state index in [9.17, 15) is 19.5 Å². The van der Waals surface area contributed by atoms with Crippen LogP contribution < -0.4 is 21.7 Å². The van der Waals surface area contributed by atoms with Crippen molar-refractivity contribution in [1.29, 1.82) is 0 Å².